The van der Waals surface area contributed by atoms with Crippen molar-refractivity contribution < 1.29 is 0 Å². The van der Waals surface area contributed by atoms with E-state index in [1.54, 1.807) is 7.05 Å². The van der Waals surface area contributed by atoms with Gasteiger partial charge in [-0.3, -0.25) is 0 Å². The summed E-state index contributed by atoms with van der Waals surface area (Å²) in [5, 5.41) is 15.5. The molecule has 5 heteroatoms. The van der Waals surface area contributed by atoms with Crippen LogP contribution in [0.3, 0.4) is 0 Å². The first-order valence-corrected chi connectivity index (χ1v) is 5.97. The van der Waals surface area contributed by atoms with Crippen molar-refractivity contribution >= 4 is 0 Å². The first kappa shape index (κ1) is 13.1. The number of aromatic nitrogens is 4. The van der Waals surface area contributed by atoms with E-state index in [9.17, 15) is 0 Å². The van der Waals surface area contributed by atoms with Crippen LogP contribution >= 0.6 is 0 Å². The van der Waals surface area contributed by atoms with Crippen LogP contribution in [-0.4, -0.2) is 33.3 Å². The van der Waals surface area contributed by atoms with Gasteiger partial charge in [-0.15, -0.1) is 10.2 Å². The number of hydrogen-bond donors (Lipinski definition) is 1. The molecule has 5 nitrogen and oxygen atoms in total. The predicted molar refractivity (Wildman–Crippen MR) is 64.1 cm³/mol. The minimum Gasteiger partial charge on any atom is -0.317 e. The summed E-state index contributed by atoms with van der Waals surface area (Å²) < 4.78 is 0. The van der Waals surface area contributed by atoms with Gasteiger partial charge in [0.25, 0.3) is 0 Å². The summed E-state index contributed by atoms with van der Waals surface area (Å²) in [5.41, 5.74) is 0.226. The Labute approximate surface area is 97.6 Å². The van der Waals surface area contributed by atoms with Crippen molar-refractivity contribution in [2.24, 2.45) is 12.5 Å². The van der Waals surface area contributed by atoms with Gasteiger partial charge in [-0.05, 0) is 36.6 Å². The number of aryl methyl sites for hydroxylation is 1. The molecule has 0 aliphatic rings. The van der Waals surface area contributed by atoms with Gasteiger partial charge in [0.05, 0.1) is 7.05 Å². The lowest BCUT2D eigenvalue weighted by Crippen LogP contribution is -2.25. The molecule has 0 spiro atoms. The zero-order valence-corrected chi connectivity index (χ0v) is 10.8. The fourth-order valence-corrected chi connectivity index (χ4v) is 1.64. The van der Waals surface area contributed by atoms with Gasteiger partial charge in [0.2, 0.25) is 0 Å². The zero-order valence-electron chi connectivity index (χ0n) is 10.8. The second-order valence-corrected chi connectivity index (χ2v) is 5.04. The molecular weight excluding hydrogens is 202 g/mol. The molecule has 0 saturated heterocycles. The standard InChI is InChI=1S/C11H23N5/c1-5-7-12-8-6-11(2,3)9-10-13-15-16(4)14-10/h12H,5-9H2,1-4H3. The highest BCUT2D eigenvalue weighted by Crippen LogP contribution is 2.23. The van der Waals surface area contributed by atoms with Crippen LogP contribution in [0.1, 0.15) is 39.4 Å². The van der Waals surface area contributed by atoms with Gasteiger partial charge in [-0.1, -0.05) is 20.8 Å². The molecule has 0 saturated carbocycles. The third kappa shape index (κ3) is 4.70. The third-order valence-electron chi connectivity index (χ3n) is 2.59. The van der Waals surface area contributed by atoms with Crippen molar-refractivity contribution in [1.82, 2.24) is 25.5 Å². The molecule has 0 unspecified atom stereocenters. The van der Waals surface area contributed by atoms with Crippen molar-refractivity contribution in [1.29, 1.82) is 0 Å². The lowest BCUT2D eigenvalue weighted by Gasteiger charge is -2.22. The van der Waals surface area contributed by atoms with E-state index in [1.165, 1.54) is 11.2 Å². The summed E-state index contributed by atoms with van der Waals surface area (Å²) in [7, 11) is 1.80. The molecule has 1 N–H and O–H groups in total. The van der Waals surface area contributed by atoms with E-state index in [0.29, 0.717) is 0 Å². The molecule has 1 rings (SSSR count). The zero-order chi connectivity index (χ0) is 12.0. The molecule has 1 aromatic heterocycles. The molecule has 0 aliphatic heterocycles. The minimum atomic E-state index is 0.226. The third-order valence-corrected chi connectivity index (χ3v) is 2.59. The average molecular weight is 225 g/mol. The molecule has 0 aromatic carbocycles. The molecule has 0 atom stereocenters. The van der Waals surface area contributed by atoms with Crippen molar-refractivity contribution in [3.63, 3.8) is 0 Å². The van der Waals surface area contributed by atoms with E-state index >= 15 is 0 Å². The van der Waals surface area contributed by atoms with Gasteiger partial charge in [0.1, 0.15) is 0 Å². The van der Waals surface area contributed by atoms with Crippen molar-refractivity contribution in [2.75, 3.05) is 13.1 Å². The van der Waals surface area contributed by atoms with Gasteiger partial charge in [-0.25, -0.2) is 0 Å². The van der Waals surface area contributed by atoms with E-state index in [4.69, 9.17) is 0 Å². The Kier molecular flexibility index (Phi) is 4.86. The Morgan fingerprint density at radius 2 is 2.06 bits per heavy atom. The number of tetrazole rings is 1. The topological polar surface area (TPSA) is 55.6 Å². The molecule has 0 fully saturated rings. The molecule has 1 aromatic rings. The van der Waals surface area contributed by atoms with E-state index < -0.39 is 0 Å². The highest BCUT2D eigenvalue weighted by molar-refractivity contribution is 4.86. The average Bonchev–Trinajstić information content (AvgIpc) is 2.58. The number of nitrogens with one attached hydrogen (secondary N) is 1. The van der Waals surface area contributed by atoms with Crippen LogP contribution in [0.15, 0.2) is 0 Å². The SMILES string of the molecule is CCCNCCC(C)(C)Cc1nnn(C)n1. The van der Waals surface area contributed by atoms with Crippen LogP contribution in [0, 0.1) is 5.41 Å². The Morgan fingerprint density at radius 3 is 2.62 bits per heavy atom. The Morgan fingerprint density at radius 1 is 1.31 bits per heavy atom. The molecule has 16 heavy (non-hydrogen) atoms. The lowest BCUT2D eigenvalue weighted by molar-refractivity contribution is 0.318. The van der Waals surface area contributed by atoms with Crippen LogP contribution in [0.25, 0.3) is 0 Å². The second-order valence-electron chi connectivity index (χ2n) is 5.04. The summed E-state index contributed by atoms with van der Waals surface area (Å²) in [6.45, 7) is 8.83. The smallest absolute Gasteiger partial charge is 0.175 e. The van der Waals surface area contributed by atoms with E-state index in [-0.39, 0.29) is 5.41 Å². The van der Waals surface area contributed by atoms with Gasteiger partial charge < -0.3 is 5.32 Å². The summed E-state index contributed by atoms with van der Waals surface area (Å²) in [5.74, 6) is 0.836. The molecule has 0 amide bonds. The quantitative estimate of drug-likeness (QED) is 0.708. The fourth-order valence-electron chi connectivity index (χ4n) is 1.64. The summed E-state index contributed by atoms with van der Waals surface area (Å²) in [6, 6.07) is 0. The number of rotatable bonds is 7. The van der Waals surface area contributed by atoms with Gasteiger partial charge in [0.15, 0.2) is 5.82 Å². The largest absolute Gasteiger partial charge is 0.317 e. The van der Waals surface area contributed by atoms with E-state index in [2.05, 4.69) is 41.5 Å². The van der Waals surface area contributed by atoms with Crippen molar-refractivity contribution in [3.8, 4) is 0 Å². The molecule has 0 bridgehead atoms. The Hall–Kier alpha value is -0.970. The first-order valence-electron chi connectivity index (χ1n) is 5.97. The maximum atomic E-state index is 4.21. The number of nitrogens with zero attached hydrogens (tertiary/aromatic N) is 4. The first-order chi connectivity index (χ1) is 7.53. The van der Waals surface area contributed by atoms with Crippen LogP contribution in [0.2, 0.25) is 0 Å². The van der Waals surface area contributed by atoms with Gasteiger partial charge >= 0.3 is 0 Å². The molecule has 92 valence electrons. The second kappa shape index (κ2) is 5.94. The summed E-state index contributed by atoms with van der Waals surface area (Å²) in [6.07, 6.45) is 3.20. The van der Waals surface area contributed by atoms with Crippen molar-refractivity contribution in [3.05, 3.63) is 5.82 Å². The highest BCUT2D eigenvalue weighted by Gasteiger charge is 2.20. The van der Waals surface area contributed by atoms with Crippen LogP contribution in [0.4, 0.5) is 0 Å². The molecule has 0 radical (unpaired) electrons. The molecular formula is C11H23N5. The fraction of sp³-hybridized carbons (Fsp3) is 0.909. The Bertz CT molecular complexity index is 305. The molecule has 1 heterocycles. The van der Waals surface area contributed by atoms with E-state index in [0.717, 1.165) is 31.8 Å². The summed E-state index contributed by atoms with van der Waals surface area (Å²) in [4.78, 5) is 1.51. The molecule has 0 aliphatic carbocycles. The normalized spacial score (nSPS) is 12.0. The van der Waals surface area contributed by atoms with Gasteiger partial charge in [-0.2, -0.15) is 4.80 Å². The lowest BCUT2D eigenvalue weighted by atomic mass is 9.85. The van der Waals surface area contributed by atoms with Gasteiger partial charge in [0, 0.05) is 6.42 Å². The van der Waals surface area contributed by atoms with Crippen LogP contribution < -0.4 is 5.32 Å². The highest BCUT2D eigenvalue weighted by atomic mass is 15.6. The van der Waals surface area contributed by atoms with Crippen LogP contribution in [-0.2, 0) is 13.5 Å². The Balaban J connectivity index is 2.33. The summed E-state index contributed by atoms with van der Waals surface area (Å²) >= 11 is 0. The maximum absolute atomic E-state index is 4.21. The maximum Gasteiger partial charge on any atom is 0.175 e. The van der Waals surface area contributed by atoms with Crippen LogP contribution in [0.5, 0.6) is 0 Å². The predicted octanol–water partition coefficient (Wildman–Crippen LogP) is 1.17. The van der Waals surface area contributed by atoms with E-state index in [1.807, 2.05) is 0 Å². The minimum absolute atomic E-state index is 0.226. The number of hydrogen-bond acceptors (Lipinski definition) is 4. The van der Waals surface area contributed by atoms with Crippen molar-refractivity contribution in [2.45, 2.75) is 40.0 Å². The monoisotopic (exact) mass is 225 g/mol.